The molecule has 1 aromatic carbocycles. The van der Waals surface area contributed by atoms with Crippen LogP contribution in [0.3, 0.4) is 0 Å². The molecule has 0 saturated carbocycles. The third-order valence-corrected chi connectivity index (χ3v) is 6.71. The molecule has 0 bridgehead atoms. The second kappa shape index (κ2) is 7.27. The summed E-state index contributed by atoms with van der Waals surface area (Å²) in [4.78, 5) is 17.9. The first kappa shape index (κ1) is 19.4. The molecular weight excluding hydrogens is 376 g/mol. The van der Waals surface area contributed by atoms with Crippen molar-refractivity contribution in [3.05, 3.63) is 35.5 Å². The number of benzene rings is 1. The van der Waals surface area contributed by atoms with Crippen LogP contribution in [0.2, 0.25) is 0 Å². The lowest BCUT2D eigenvalue weighted by Crippen LogP contribution is -2.29. The highest BCUT2D eigenvalue weighted by atomic mass is 16.5. The van der Waals surface area contributed by atoms with Gasteiger partial charge in [-0.15, -0.1) is 0 Å². The van der Waals surface area contributed by atoms with Crippen molar-refractivity contribution in [3.8, 4) is 11.4 Å². The number of hydrogen-bond acceptors (Lipinski definition) is 3. The average Bonchev–Trinajstić information content (AvgIpc) is 3.44. The maximum atomic E-state index is 12.7. The van der Waals surface area contributed by atoms with Crippen LogP contribution in [0, 0.1) is 5.41 Å². The summed E-state index contributed by atoms with van der Waals surface area (Å²) in [5, 5.41) is 9.03. The standard InChI is InChI=1S/C24H30N4O2/c1-24(2)9-8-18-21(14-24)26-27-23(18)20-11-15-6-7-16(12-19(15)25-20)28(3)22(29)13-17-5-4-10-30-17/h6-7,11-12,17,25H,4-5,8-10,13-14H2,1-3H3,(H,26,27). The molecule has 3 heterocycles. The quantitative estimate of drug-likeness (QED) is 0.665. The Morgan fingerprint density at radius 3 is 3.00 bits per heavy atom. The van der Waals surface area contributed by atoms with Gasteiger partial charge in [0.15, 0.2) is 0 Å². The molecule has 30 heavy (non-hydrogen) atoms. The van der Waals surface area contributed by atoms with E-state index in [-0.39, 0.29) is 12.0 Å². The molecule has 158 valence electrons. The molecule has 2 N–H and O–H groups in total. The molecule has 1 fully saturated rings. The van der Waals surface area contributed by atoms with Crippen LogP contribution in [0.1, 0.15) is 50.8 Å². The van der Waals surface area contributed by atoms with Gasteiger partial charge in [0.05, 0.1) is 18.2 Å². The molecule has 0 radical (unpaired) electrons. The number of aromatic nitrogens is 3. The number of rotatable bonds is 4. The number of nitrogens with one attached hydrogen (secondary N) is 2. The Bertz CT molecular complexity index is 1090. The minimum absolute atomic E-state index is 0.0663. The van der Waals surface area contributed by atoms with Gasteiger partial charge in [-0.2, -0.15) is 5.10 Å². The summed E-state index contributed by atoms with van der Waals surface area (Å²) in [7, 11) is 1.84. The number of hydrogen-bond donors (Lipinski definition) is 2. The minimum Gasteiger partial charge on any atom is -0.378 e. The third-order valence-electron chi connectivity index (χ3n) is 6.71. The molecule has 6 heteroatoms. The van der Waals surface area contributed by atoms with Crippen LogP contribution in [0.4, 0.5) is 5.69 Å². The fourth-order valence-corrected chi connectivity index (χ4v) is 4.80. The van der Waals surface area contributed by atoms with E-state index >= 15 is 0 Å². The van der Waals surface area contributed by atoms with Gasteiger partial charge in [0.2, 0.25) is 5.91 Å². The molecule has 1 aliphatic carbocycles. The molecule has 1 unspecified atom stereocenters. The zero-order chi connectivity index (χ0) is 20.9. The van der Waals surface area contributed by atoms with Crippen LogP contribution < -0.4 is 4.90 Å². The lowest BCUT2D eigenvalue weighted by atomic mass is 9.76. The Morgan fingerprint density at radius 2 is 2.20 bits per heavy atom. The molecule has 2 aliphatic rings. The van der Waals surface area contributed by atoms with E-state index in [9.17, 15) is 4.79 Å². The highest BCUT2D eigenvalue weighted by Crippen LogP contribution is 2.38. The molecule has 1 aliphatic heterocycles. The summed E-state index contributed by atoms with van der Waals surface area (Å²) in [5.41, 5.74) is 6.91. The van der Waals surface area contributed by atoms with Gasteiger partial charge in [-0.05, 0) is 55.7 Å². The molecule has 3 aromatic rings. The normalized spacial score (nSPS) is 20.4. The third kappa shape index (κ3) is 3.54. The summed E-state index contributed by atoms with van der Waals surface area (Å²) in [6, 6.07) is 8.29. The maximum absolute atomic E-state index is 12.7. The Morgan fingerprint density at radius 1 is 1.33 bits per heavy atom. The second-order valence-electron chi connectivity index (χ2n) is 9.62. The van der Waals surface area contributed by atoms with Crippen molar-refractivity contribution in [2.24, 2.45) is 5.41 Å². The fraction of sp³-hybridized carbons (Fsp3) is 0.500. The van der Waals surface area contributed by atoms with Crippen LogP contribution in [0.25, 0.3) is 22.3 Å². The van der Waals surface area contributed by atoms with Gasteiger partial charge in [0, 0.05) is 41.5 Å². The number of fused-ring (bicyclic) bond motifs is 2. The van der Waals surface area contributed by atoms with E-state index in [1.165, 1.54) is 17.7 Å². The van der Waals surface area contributed by atoms with Crippen molar-refractivity contribution in [3.63, 3.8) is 0 Å². The number of nitrogens with zero attached hydrogens (tertiary/aromatic N) is 2. The van der Waals surface area contributed by atoms with Gasteiger partial charge in [-0.25, -0.2) is 0 Å². The first-order chi connectivity index (χ1) is 14.4. The number of ether oxygens (including phenoxy) is 1. The van der Waals surface area contributed by atoms with E-state index in [0.717, 1.165) is 60.3 Å². The van der Waals surface area contributed by atoms with Crippen molar-refractivity contribution in [1.29, 1.82) is 0 Å². The van der Waals surface area contributed by atoms with Crippen molar-refractivity contribution in [2.45, 2.75) is 58.5 Å². The fourth-order valence-electron chi connectivity index (χ4n) is 4.80. The topological polar surface area (TPSA) is 74.0 Å². The van der Waals surface area contributed by atoms with E-state index in [2.05, 4.69) is 47.2 Å². The van der Waals surface area contributed by atoms with Crippen LogP contribution in [-0.4, -0.2) is 40.8 Å². The number of amides is 1. The van der Waals surface area contributed by atoms with Crippen LogP contribution in [0.15, 0.2) is 24.3 Å². The van der Waals surface area contributed by atoms with Gasteiger partial charge in [-0.3, -0.25) is 9.89 Å². The predicted molar refractivity (Wildman–Crippen MR) is 119 cm³/mol. The van der Waals surface area contributed by atoms with Gasteiger partial charge in [-0.1, -0.05) is 19.9 Å². The van der Waals surface area contributed by atoms with Gasteiger partial charge < -0.3 is 14.6 Å². The molecule has 5 rings (SSSR count). The van der Waals surface area contributed by atoms with Gasteiger partial charge >= 0.3 is 0 Å². The Balaban J connectivity index is 1.40. The number of aromatic amines is 2. The number of anilines is 1. The smallest absolute Gasteiger partial charge is 0.229 e. The Hall–Kier alpha value is -2.60. The van der Waals surface area contributed by atoms with E-state index in [0.29, 0.717) is 11.8 Å². The summed E-state index contributed by atoms with van der Waals surface area (Å²) < 4.78 is 5.62. The zero-order valence-corrected chi connectivity index (χ0v) is 18.0. The molecule has 2 aromatic heterocycles. The highest BCUT2D eigenvalue weighted by molar-refractivity contribution is 5.96. The molecular formula is C24H30N4O2. The highest BCUT2D eigenvalue weighted by Gasteiger charge is 2.29. The van der Waals surface area contributed by atoms with E-state index < -0.39 is 0 Å². The van der Waals surface area contributed by atoms with Crippen LogP contribution in [0.5, 0.6) is 0 Å². The predicted octanol–water partition coefficient (Wildman–Crippen LogP) is 4.60. The lowest BCUT2D eigenvalue weighted by molar-refractivity contribution is -0.120. The minimum atomic E-state index is 0.0663. The Kier molecular flexibility index (Phi) is 4.69. The summed E-state index contributed by atoms with van der Waals surface area (Å²) in [6.07, 6.45) is 5.80. The monoisotopic (exact) mass is 406 g/mol. The summed E-state index contributed by atoms with van der Waals surface area (Å²) in [5.74, 6) is 0.0945. The molecule has 1 saturated heterocycles. The average molecular weight is 407 g/mol. The number of carbonyl (C=O) groups excluding carboxylic acids is 1. The molecule has 1 atom stereocenters. The first-order valence-electron chi connectivity index (χ1n) is 11.0. The molecule has 6 nitrogen and oxygen atoms in total. The van der Waals surface area contributed by atoms with E-state index in [1.807, 2.05) is 13.1 Å². The van der Waals surface area contributed by atoms with Crippen molar-refractivity contribution in [1.82, 2.24) is 15.2 Å². The first-order valence-corrected chi connectivity index (χ1v) is 11.0. The number of H-pyrrole nitrogens is 2. The SMILES string of the molecule is CN(C(=O)CC1CCCO1)c1ccc2cc(-c3n[nH]c4c3CCC(C)(C)C4)[nH]c2c1. The van der Waals surface area contributed by atoms with Gasteiger partial charge in [0.1, 0.15) is 5.69 Å². The van der Waals surface area contributed by atoms with Crippen molar-refractivity contribution >= 4 is 22.5 Å². The number of carbonyl (C=O) groups is 1. The largest absolute Gasteiger partial charge is 0.378 e. The molecule has 1 amide bonds. The molecule has 0 spiro atoms. The van der Waals surface area contributed by atoms with Crippen molar-refractivity contribution in [2.75, 3.05) is 18.6 Å². The summed E-state index contributed by atoms with van der Waals surface area (Å²) in [6.45, 7) is 5.41. The lowest BCUT2D eigenvalue weighted by Gasteiger charge is -2.28. The van der Waals surface area contributed by atoms with Gasteiger partial charge in [0.25, 0.3) is 0 Å². The summed E-state index contributed by atoms with van der Waals surface area (Å²) >= 11 is 0. The van der Waals surface area contributed by atoms with Crippen molar-refractivity contribution < 1.29 is 9.53 Å². The maximum Gasteiger partial charge on any atom is 0.229 e. The van der Waals surface area contributed by atoms with Crippen LogP contribution in [-0.2, 0) is 22.4 Å². The van der Waals surface area contributed by atoms with E-state index in [4.69, 9.17) is 4.74 Å². The zero-order valence-electron chi connectivity index (χ0n) is 18.0. The van der Waals surface area contributed by atoms with Crippen LogP contribution >= 0.6 is 0 Å². The van der Waals surface area contributed by atoms with E-state index in [1.54, 1.807) is 4.90 Å². The second-order valence-corrected chi connectivity index (χ2v) is 9.62. The Labute approximate surface area is 177 Å².